The number of carbonyl (C=O) groups excluding carboxylic acids is 1. The second-order valence-electron chi connectivity index (χ2n) is 13.7. The summed E-state index contributed by atoms with van der Waals surface area (Å²) in [6.45, 7) is 4.48. The molecular weight excluding hydrogens is 647 g/mol. The van der Waals surface area contributed by atoms with Crippen LogP contribution in [-0.4, -0.2) is 53.1 Å². The number of aliphatic hydroxyl groups is 2. The minimum absolute atomic E-state index is 0.0587. The standard InChI is InChI=1S/C42H75NO6S/c1-3-5-7-9-11-13-15-17-18-19-20-21-22-23-24-25-27-28-30-32-34-36-40(44)39(38-50(47,48)49)43-42(46)41(45)37-35-33-31-29-26-16-14-12-10-8-6-4-2/h22-23,26-29,33-36,39-41,44-45H,3-21,24-25,30-32,37-38H2,1-2H3,(H,43,46)(H,47,48,49)/b23-22+,28-27+,29-26-,35-33-,36-34+. The number of carbonyl (C=O) groups is 1. The Labute approximate surface area is 307 Å². The second-order valence-corrected chi connectivity index (χ2v) is 15.2. The van der Waals surface area contributed by atoms with E-state index in [2.05, 4.69) is 55.6 Å². The zero-order chi connectivity index (χ0) is 37.0. The summed E-state index contributed by atoms with van der Waals surface area (Å²) in [5.41, 5.74) is 0. The first-order valence-electron chi connectivity index (χ1n) is 20.1. The molecule has 0 aromatic rings. The minimum Gasteiger partial charge on any atom is -0.387 e. The highest BCUT2D eigenvalue weighted by molar-refractivity contribution is 7.85. The van der Waals surface area contributed by atoms with E-state index in [-0.39, 0.29) is 6.42 Å². The molecule has 8 heteroatoms. The maximum absolute atomic E-state index is 12.5. The van der Waals surface area contributed by atoms with E-state index < -0.39 is 40.0 Å². The Kier molecular flexibility index (Phi) is 34.0. The third-order valence-electron chi connectivity index (χ3n) is 8.76. The molecule has 0 fully saturated rings. The van der Waals surface area contributed by atoms with E-state index in [1.165, 1.54) is 115 Å². The van der Waals surface area contributed by atoms with Crippen molar-refractivity contribution in [1.82, 2.24) is 5.32 Å². The lowest BCUT2D eigenvalue weighted by atomic mass is 10.1. The number of unbranched alkanes of at least 4 members (excludes halogenated alkanes) is 19. The molecular formula is C42H75NO6S. The van der Waals surface area contributed by atoms with Crippen LogP contribution in [0.25, 0.3) is 0 Å². The van der Waals surface area contributed by atoms with Gasteiger partial charge >= 0.3 is 0 Å². The molecule has 0 aliphatic heterocycles. The molecule has 7 nitrogen and oxygen atoms in total. The number of hydrogen-bond donors (Lipinski definition) is 4. The molecule has 4 N–H and O–H groups in total. The van der Waals surface area contributed by atoms with Crippen molar-refractivity contribution >= 4 is 16.0 Å². The number of allylic oxidation sites excluding steroid dienone is 8. The average Bonchev–Trinajstić information content (AvgIpc) is 3.08. The summed E-state index contributed by atoms with van der Waals surface area (Å²) >= 11 is 0. The van der Waals surface area contributed by atoms with Gasteiger partial charge in [0, 0.05) is 6.42 Å². The molecule has 0 aromatic heterocycles. The molecule has 3 atom stereocenters. The van der Waals surface area contributed by atoms with Crippen LogP contribution < -0.4 is 5.32 Å². The molecule has 290 valence electrons. The molecule has 0 spiro atoms. The highest BCUT2D eigenvalue weighted by atomic mass is 32.2. The Morgan fingerprint density at radius 1 is 0.560 bits per heavy atom. The van der Waals surface area contributed by atoms with Crippen molar-refractivity contribution < 1.29 is 28.0 Å². The largest absolute Gasteiger partial charge is 0.387 e. The monoisotopic (exact) mass is 722 g/mol. The molecule has 0 heterocycles. The predicted octanol–water partition coefficient (Wildman–Crippen LogP) is 10.7. The van der Waals surface area contributed by atoms with Gasteiger partial charge in [-0.2, -0.15) is 8.42 Å². The maximum atomic E-state index is 12.5. The van der Waals surface area contributed by atoms with Crippen LogP contribution in [0.4, 0.5) is 0 Å². The number of aliphatic hydroxyl groups excluding tert-OH is 2. The molecule has 0 saturated carbocycles. The van der Waals surface area contributed by atoms with Crippen LogP contribution in [-0.2, 0) is 14.9 Å². The van der Waals surface area contributed by atoms with Gasteiger partial charge in [-0.15, -0.1) is 0 Å². The van der Waals surface area contributed by atoms with Crippen LogP contribution in [0.15, 0.2) is 60.8 Å². The third kappa shape index (κ3) is 34.4. The SMILES string of the molecule is CCCCCCCC/C=C\C/C=C\CC(O)C(=O)NC(CS(=O)(=O)O)C(O)/C=C/CC/C=C/CC/C=C/CCCCCCCCCCCCC. The Hall–Kier alpha value is -2.00. The lowest BCUT2D eigenvalue weighted by Gasteiger charge is -2.22. The van der Waals surface area contributed by atoms with Crippen LogP contribution in [0.2, 0.25) is 0 Å². The van der Waals surface area contributed by atoms with E-state index in [1.54, 1.807) is 12.2 Å². The van der Waals surface area contributed by atoms with E-state index in [9.17, 15) is 28.0 Å². The van der Waals surface area contributed by atoms with E-state index in [1.807, 2.05) is 6.08 Å². The molecule has 50 heavy (non-hydrogen) atoms. The Balaban J connectivity index is 4.20. The number of amides is 1. The first-order valence-corrected chi connectivity index (χ1v) is 21.7. The summed E-state index contributed by atoms with van der Waals surface area (Å²) in [5, 5.41) is 23.2. The van der Waals surface area contributed by atoms with Crippen molar-refractivity contribution in [1.29, 1.82) is 0 Å². The maximum Gasteiger partial charge on any atom is 0.267 e. The Bertz CT molecular complexity index is 1030. The van der Waals surface area contributed by atoms with Gasteiger partial charge in [-0.05, 0) is 57.8 Å². The molecule has 0 rings (SSSR count). The van der Waals surface area contributed by atoms with Gasteiger partial charge in [-0.1, -0.05) is 171 Å². The number of nitrogens with one attached hydrogen (secondary N) is 1. The fourth-order valence-electron chi connectivity index (χ4n) is 5.65. The molecule has 0 aromatic carbocycles. The van der Waals surface area contributed by atoms with E-state index in [4.69, 9.17) is 0 Å². The van der Waals surface area contributed by atoms with Crippen molar-refractivity contribution in [3.05, 3.63) is 60.8 Å². The molecule has 3 unspecified atom stereocenters. The zero-order valence-corrected chi connectivity index (χ0v) is 32.7. The second kappa shape index (κ2) is 35.4. The van der Waals surface area contributed by atoms with E-state index in [0.29, 0.717) is 12.8 Å². The summed E-state index contributed by atoms with van der Waals surface area (Å²) in [6.07, 6.45) is 45.9. The van der Waals surface area contributed by atoms with Gasteiger partial charge in [0.2, 0.25) is 5.91 Å². The van der Waals surface area contributed by atoms with Crippen molar-refractivity contribution in [2.75, 3.05) is 5.75 Å². The Morgan fingerprint density at radius 2 is 0.960 bits per heavy atom. The molecule has 1 amide bonds. The topological polar surface area (TPSA) is 124 Å². The highest BCUT2D eigenvalue weighted by Gasteiger charge is 2.27. The van der Waals surface area contributed by atoms with Gasteiger partial charge in [0.15, 0.2) is 0 Å². The molecule has 0 bridgehead atoms. The molecule has 0 radical (unpaired) electrons. The van der Waals surface area contributed by atoms with Crippen molar-refractivity contribution in [3.63, 3.8) is 0 Å². The molecule has 0 saturated heterocycles. The van der Waals surface area contributed by atoms with Gasteiger partial charge in [0.05, 0.1) is 17.9 Å². The van der Waals surface area contributed by atoms with Crippen LogP contribution >= 0.6 is 0 Å². The van der Waals surface area contributed by atoms with E-state index in [0.717, 1.165) is 32.1 Å². The summed E-state index contributed by atoms with van der Waals surface area (Å²) in [4.78, 5) is 12.5. The summed E-state index contributed by atoms with van der Waals surface area (Å²) in [6, 6.07) is -1.29. The highest BCUT2D eigenvalue weighted by Crippen LogP contribution is 2.13. The third-order valence-corrected chi connectivity index (χ3v) is 9.54. The van der Waals surface area contributed by atoms with Gasteiger partial charge in [-0.3, -0.25) is 9.35 Å². The first kappa shape index (κ1) is 48.0. The molecule has 0 aliphatic rings. The fraction of sp³-hybridized carbons (Fsp3) is 0.738. The van der Waals surface area contributed by atoms with Crippen LogP contribution in [0.1, 0.15) is 174 Å². The fourth-order valence-corrected chi connectivity index (χ4v) is 6.38. The van der Waals surface area contributed by atoms with Gasteiger partial charge in [0.1, 0.15) is 6.10 Å². The van der Waals surface area contributed by atoms with Crippen molar-refractivity contribution in [2.24, 2.45) is 0 Å². The summed E-state index contributed by atoms with van der Waals surface area (Å²) in [5.74, 6) is -1.66. The van der Waals surface area contributed by atoms with Crippen molar-refractivity contribution in [3.8, 4) is 0 Å². The van der Waals surface area contributed by atoms with Gasteiger partial charge in [0.25, 0.3) is 10.1 Å². The molecule has 0 aliphatic carbocycles. The minimum atomic E-state index is -4.47. The quantitative estimate of drug-likeness (QED) is 0.0293. The normalized spacial score (nSPS) is 14.6. The van der Waals surface area contributed by atoms with Gasteiger partial charge in [-0.25, -0.2) is 0 Å². The zero-order valence-electron chi connectivity index (χ0n) is 31.9. The lowest BCUT2D eigenvalue weighted by molar-refractivity contribution is -0.130. The van der Waals surface area contributed by atoms with Crippen molar-refractivity contribution in [2.45, 2.75) is 193 Å². The summed E-state index contributed by atoms with van der Waals surface area (Å²) < 4.78 is 32.4. The predicted molar refractivity (Wildman–Crippen MR) is 213 cm³/mol. The van der Waals surface area contributed by atoms with E-state index >= 15 is 0 Å². The first-order chi connectivity index (χ1) is 24.2. The van der Waals surface area contributed by atoms with Gasteiger partial charge < -0.3 is 15.5 Å². The smallest absolute Gasteiger partial charge is 0.267 e. The van der Waals surface area contributed by atoms with Crippen LogP contribution in [0.3, 0.4) is 0 Å². The summed E-state index contributed by atoms with van der Waals surface area (Å²) in [7, 11) is -4.47. The number of hydrogen-bond acceptors (Lipinski definition) is 5. The Morgan fingerprint density at radius 3 is 1.44 bits per heavy atom. The van der Waals surface area contributed by atoms with Crippen LogP contribution in [0.5, 0.6) is 0 Å². The lowest BCUT2D eigenvalue weighted by Crippen LogP contribution is -2.50. The average molecular weight is 722 g/mol. The number of rotatable bonds is 35. The van der Waals surface area contributed by atoms with Crippen LogP contribution in [0, 0.1) is 0 Å².